The number of hydrogen-bond acceptors (Lipinski definition) is 2. The Bertz CT molecular complexity index is 374. The molecule has 1 aliphatic rings. The minimum absolute atomic E-state index is 0.190. The van der Waals surface area contributed by atoms with E-state index < -0.39 is 0 Å². The van der Waals surface area contributed by atoms with Crippen molar-refractivity contribution in [2.75, 3.05) is 4.90 Å². The molecule has 0 bridgehead atoms. The summed E-state index contributed by atoms with van der Waals surface area (Å²) in [5.74, 6) is 0.507. The van der Waals surface area contributed by atoms with E-state index in [2.05, 4.69) is 43.0 Å². The molecule has 1 saturated heterocycles. The van der Waals surface area contributed by atoms with Crippen LogP contribution in [0.4, 0.5) is 5.69 Å². The molecule has 3 atom stereocenters. The summed E-state index contributed by atoms with van der Waals surface area (Å²) in [6.07, 6.45) is 0.978. The van der Waals surface area contributed by atoms with Crippen LogP contribution in [0.3, 0.4) is 0 Å². The molecule has 1 heterocycles. The number of nitrogens with two attached hydrogens (primary N) is 1. The van der Waals surface area contributed by atoms with Crippen LogP contribution < -0.4 is 10.6 Å². The highest BCUT2D eigenvalue weighted by Gasteiger charge is 2.37. The zero-order valence-electron chi connectivity index (χ0n) is 9.85. The molecule has 1 fully saturated rings. The van der Waals surface area contributed by atoms with Crippen molar-refractivity contribution in [2.24, 2.45) is 11.7 Å². The highest BCUT2D eigenvalue weighted by Crippen LogP contribution is 2.33. The highest BCUT2D eigenvalue weighted by atomic mass is 15.2. The van der Waals surface area contributed by atoms with Gasteiger partial charge in [-0.1, -0.05) is 18.2 Å². The zero-order valence-corrected chi connectivity index (χ0v) is 9.85. The van der Waals surface area contributed by atoms with Crippen molar-refractivity contribution in [1.29, 1.82) is 5.41 Å². The lowest BCUT2D eigenvalue weighted by atomic mass is 9.99. The Labute approximate surface area is 96.8 Å². The molecular weight excluding hydrogens is 198 g/mol. The number of nitrogens with zero attached hydrogens (tertiary/aromatic N) is 1. The Morgan fingerprint density at radius 1 is 1.31 bits per heavy atom. The van der Waals surface area contributed by atoms with E-state index in [0.717, 1.165) is 6.42 Å². The molecule has 1 aliphatic heterocycles. The predicted octanol–water partition coefficient (Wildman–Crippen LogP) is 2.23. The first kappa shape index (κ1) is 11.0. The van der Waals surface area contributed by atoms with Crippen LogP contribution in [0.25, 0.3) is 0 Å². The van der Waals surface area contributed by atoms with Crippen LogP contribution in [0.1, 0.15) is 20.3 Å². The third-order valence-electron chi connectivity index (χ3n) is 3.54. The highest BCUT2D eigenvalue weighted by molar-refractivity contribution is 5.81. The van der Waals surface area contributed by atoms with Gasteiger partial charge in [-0.15, -0.1) is 0 Å². The van der Waals surface area contributed by atoms with Gasteiger partial charge in [0, 0.05) is 23.7 Å². The summed E-state index contributed by atoms with van der Waals surface area (Å²) in [5, 5.41) is 7.62. The van der Waals surface area contributed by atoms with Gasteiger partial charge in [0.15, 0.2) is 0 Å². The summed E-state index contributed by atoms with van der Waals surface area (Å²) in [6.45, 7) is 4.36. The van der Waals surface area contributed by atoms with Crippen LogP contribution in [0.5, 0.6) is 0 Å². The summed E-state index contributed by atoms with van der Waals surface area (Å²) >= 11 is 0. The number of amidine groups is 1. The first-order valence-corrected chi connectivity index (χ1v) is 5.78. The number of hydrogen-bond donors (Lipinski definition) is 2. The second kappa shape index (κ2) is 4.16. The maximum absolute atomic E-state index is 7.62. The molecule has 0 saturated carbocycles. The first-order valence-electron chi connectivity index (χ1n) is 5.78. The molecule has 0 unspecified atom stereocenters. The van der Waals surface area contributed by atoms with Crippen LogP contribution in [0, 0.1) is 11.3 Å². The van der Waals surface area contributed by atoms with E-state index in [4.69, 9.17) is 11.1 Å². The van der Waals surface area contributed by atoms with Crippen molar-refractivity contribution in [1.82, 2.24) is 0 Å². The summed E-state index contributed by atoms with van der Waals surface area (Å²) < 4.78 is 0. The molecule has 0 radical (unpaired) electrons. The molecule has 0 aromatic heterocycles. The Morgan fingerprint density at radius 2 is 1.94 bits per heavy atom. The van der Waals surface area contributed by atoms with E-state index in [1.54, 1.807) is 0 Å². The Balaban J connectivity index is 2.26. The lowest BCUT2D eigenvalue weighted by Gasteiger charge is -2.29. The number of benzene rings is 1. The van der Waals surface area contributed by atoms with E-state index in [-0.39, 0.29) is 5.92 Å². The minimum atomic E-state index is 0.190. The molecule has 0 spiro atoms. The van der Waals surface area contributed by atoms with Gasteiger partial charge in [0.25, 0.3) is 0 Å². The van der Waals surface area contributed by atoms with Gasteiger partial charge in [-0.05, 0) is 32.4 Å². The van der Waals surface area contributed by atoms with Crippen molar-refractivity contribution >= 4 is 11.5 Å². The number of rotatable bonds is 2. The molecule has 3 nitrogen and oxygen atoms in total. The van der Waals surface area contributed by atoms with Gasteiger partial charge in [0.1, 0.15) is 0 Å². The van der Waals surface area contributed by atoms with Gasteiger partial charge in [-0.25, -0.2) is 0 Å². The monoisotopic (exact) mass is 217 g/mol. The van der Waals surface area contributed by atoms with Crippen LogP contribution in [0.2, 0.25) is 0 Å². The molecule has 0 aliphatic carbocycles. The van der Waals surface area contributed by atoms with Crippen LogP contribution in [0.15, 0.2) is 30.3 Å². The fourth-order valence-corrected chi connectivity index (χ4v) is 2.75. The number of anilines is 1. The maximum Gasteiger partial charge on any atom is 0.0958 e. The van der Waals surface area contributed by atoms with Crippen molar-refractivity contribution in [3.8, 4) is 0 Å². The Morgan fingerprint density at radius 3 is 2.44 bits per heavy atom. The van der Waals surface area contributed by atoms with E-state index in [0.29, 0.717) is 17.9 Å². The standard InChI is InChI=1S/C13H19N3/c1-9-8-12(13(14)15)10(2)16(9)11-6-4-3-5-7-11/h3-7,9-10,12H,8H2,1-2H3,(H3,14,15)/t9-,10-,12-/m1/s1. The fourth-order valence-electron chi connectivity index (χ4n) is 2.75. The largest absolute Gasteiger partial charge is 0.387 e. The third-order valence-corrected chi connectivity index (χ3v) is 3.54. The van der Waals surface area contributed by atoms with Gasteiger partial charge >= 0.3 is 0 Å². The normalized spacial score (nSPS) is 29.4. The molecular formula is C13H19N3. The molecule has 0 amide bonds. The Hall–Kier alpha value is -1.51. The van der Waals surface area contributed by atoms with E-state index in [1.165, 1.54) is 5.69 Å². The molecule has 16 heavy (non-hydrogen) atoms. The second-order valence-corrected chi connectivity index (χ2v) is 4.63. The summed E-state index contributed by atoms with van der Waals surface area (Å²) in [4.78, 5) is 2.37. The molecule has 1 aromatic carbocycles. The quantitative estimate of drug-likeness (QED) is 0.589. The number of nitrogens with one attached hydrogen (secondary N) is 1. The van der Waals surface area contributed by atoms with Gasteiger partial charge < -0.3 is 10.6 Å². The van der Waals surface area contributed by atoms with Crippen LogP contribution in [-0.4, -0.2) is 17.9 Å². The van der Waals surface area contributed by atoms with Gasteiger partial charge in [0.05, 0.1) is 5.84 Å². The zero-order chi connectivity index (χ0) is 11.7. The topological polar surface area (TPSA) is 53.1 Å². The van der Waals surface area contributed by atoms with Gasteiger partial charge in [-0.2, -0.15) is 0 Å². The maximum atomic E-state index is 7.62. The first-order chi connectivity index (χ1) is 7.61. The van der Waals surface area contributed by atoms with Crippen molar-refractivity contribution in [3.05, 3.63) is 30.3 Å². The minimum Gasteiger partial charge on any atom is -0.387 e. The summed E-state index contributed by atoms with van der Waals surface area (Å²) in [6, 6.07) is 11.1. The SMILES string of the molecule is C[C@@H]1C[C@@H](C(=N)N)[C@@H](C)N1c1ccccc1. The average molecular weight is 217 g/mol. The van der Waals surface area contributed by atoms with Crippen molar-refractivity contribution in [2.45, 2.75) is 32.4 Å². The average Bonchev–Trinajstić information content (AvgIpc) is 2.56. The van der Waals surface area contributed by atoms with Crippen molar-refractivity contribution < 1.29 is 0 Å². The van der Waals surface area contributed by atoms with Crippen LogP contribution >= 0.6 is 0 Å². The number of para-hydroxylation sites is 1. The Kier molecular flexibility index (Phi) is 2.86. The predicted molar refractivity (Wildman–Crippen MR) is 67.9 cm³/mol. The van der Waals surface area contributed by atoms with E-state index >= 15 is 0 Å². The van der Waals surface area contributed by atoms with Gasteiger partial charge in [0.2, 0.25) is 0 Å². The van der Waals surface area contributed by atoms with E-state index in [1.807, 2.05) is 6.07 Å². The van der Waals surface area contributed by atoms with Crippen LogP contribution in [-0.2, 0) is 0 Å². The molecule has 2 rings (SSSR count). The third kappa shape index (κ3) is 1.77. The molecule has 3 heteroatoms. The second-order valence-electron chi connectivity index (χ2n) is 4.63. The summed E-state index contributed by atoms with van der Waals surface area (Å²) in [5.41, 5.74) is 6.88. The van der Waals surface area contributed by atoms with E-state index in [9.17, 15) is 0 Å². The smallest absolute Gasteiger partial charge is 0.0958 e. The molecule has 86 valence electrons. The fraction of sp³-hybridized carbons (Fsp3) is 0.462. The molecule has 3 N–H and O–H groups in total. The lowest BCUT2D eigenvalue weighted by molar-refractivity contribution is 0.628. The van der Waals surface area contributed by atoms with Crippen molar-refractivity contribution in [3.63, 3.8) is 0 Å². The summed E-state index contributed by atoms with van der Waals surface area (Å²) in [7, 11) is 0. The molecule has 1 aromatic rings. The van der Waals surface area contributed by atoms with Gasteiger partial charge in [-0.3, -0.25) is 5.41 Å². The lowest BCUT2D eigenvalue weighted by Crippen LogP contribution is -2.37.